The van der Waals surface area contributed by atoms with Gasteiger partial charge in [0, 0.05) is 31.7 Å². The molecular weight excluding hydrogens is 371 g/mol. The van der Waals surface area contributed by atoms with Gasteiger partial charge in [0.1, 0.15) is 0 Å². The zero-order valence-corrected chi connectivity index (χ0v) is 16.0. The number of halogens is 2. The summed E-state index contributed by atoms with van der Waals surface area (Å²) < 4.78 is 5.37. The molecule has 0 radical (unpaired) electrons. The number of amides is 1. The number of hydrogen-bond donors (Lipinski definition) is 1. The fourth-order valence-electron chi connectivity index (χ4n) is 2.92. The van der Waals surface area contributed by atoms with Crippen LogP contribution in [0.1, 0.15) is 17.5 Å². The highest BCUT2D eigenvalue weighted by molar-refractivity contribution is 6.42. The number of aryl methyl sites for hydroxylation is 1. The Bertz CT molecular complexity index is 744. The number of carbonyl (C=O) groups excluding carboxylic acids is 1. The number of nitrogens with zero attached hydrogens (tertiary/aromatic N) is 1. The third-order valence-corrected chi connectivity index (χ3v) is 5.31. The number of rotatable bonds is 6. The maximum absolute atomic E-state index is 12.1. The molecule has 0 saturated carbocycles. The van der Waals surface area contributed by atoms with Crippen molar-refractivity contribution in [3.8, 4) is 0 Å². The van der Waals surface area contributed by atoms with Crippen LogP contribution in [0.25, 0.3) is 0 Å². The van der Waals surface area contributed by atoms with Gasteiger partial charge in [-0.1, -0.05) is 47.5 Å². The van der Waals surface area contributed by atoms with Crippen LogP contribution in [0.15, 0.2) is 42.5 Å². The lowest BCUT2D eigenvalue weighted by molar-refractivity contribution is -0.121. The van der Waals surface area contributed by atoms with E-state index in [-0.39, 0.29) is 5.91 Å². The van der Waals surface area contributed by atoms with E-state index in [4.69, 9.17) is 27.9 Å². The minimum atomic E-state index is -0.00158. The molecule has 1 N–H and O–H groups in total. The van der Waals surface area contributed by atoms with E-state index in [2.05, 4.69) is 34.5 Å². The molecule has 1 amide bonds. The molecule has 1 saturated heterocycles. The summed E-state index contributed by atoms with van der Waals surface area (Å²) in [5.41, 5.74) is 3.17. The van der Waals surface area contributed by atoms with Crippen LogP contribution in [-0.4, -0.2) is 32.2 Å². The van der Waals surface area contributed by atoms with Gasteiger partial charge in [0.25, 0.3) is 0 Å². The first-order chi connectivity index (χ1) is 12.6. The Morgan fingerprint density at radius 2 is 1.81 bits per heavy atom. The Morgan fingerprint density at radius 3 is 2.54 bits per heavy atom. The Morgan fingerprint density at radius 1 is 1.08 bits per heavy atom. The third-order valence-electron chi connectivity index (χ3n) is 4.46. The first kappa shape index (κ1) is 19.0. The Kier molecular flexibility index (Phi) is 6.78. The Hall–Kier alpha value is -1.75. The second kappa shape index (κ2) is 9.26. The summed E-state index contributed by atoms with van der Waals surface area (Å²) in [5.74, 6) is -0.00158. The monoisotopic (exact) mass is 392 g/mol. The van der Waals surface area contributed by atoms with Crippen molar-refractivity contribution in [2.75, 3.05) is 31.2 Å². The van der Waals surface area contributed by atoms with Crippen LogP contribution in [0, 0.1) is 0 Å². The SMILES string of the molecule is O=C(CCc1cccc(Cl)c1Cl)NCc1ccc(N2CCOCC2)cc1. The molecule has 1 fully saturated rings. The van der Waals surface area contributed by atoms with Gasteiger partial charge in [-0.15, -0.1) is 0 Å². The molecule has 1 aliphatic heterocycles. The average Bonchev–Trinajstić information content (AvgIpc) is 2.68. The first-order valence-corrected chi connectivity index (χ1v) is 9.50. The van der Waals surface area contributed by atoms with E-state index in [0.717, 1.165) is 37.4 Å². The van der Waals surface area contributed by atoms with E-state index in [0.29, 0.717) is 29.4 Å². The van der Waals surface area contributed by atoms with Crippen molar-refractivity contribution in [3.63, 3.8) is 0 Å². The van der Waals surface area contributed by atoms with Crippen molar-refractivity contribution in [1.29, 1.82) is 0 Å². The fourth-order valence-corrected chi connectivity index (χ4v) is 3.34. The smallest absolute Gasteiger partial charge is 0.220 e. The summed E-state index contributed by atoms with van der Waals surface area (Å²) in [6, 6.07) is 13.8. The normalized spacial score (nSPS) is 14.3. The van der Waals surface area contributed by atoms with Gasteiger partial charge in [0.2, 0.25) is 5.91 Å². The highest BCUT2D eigenvalue weighted by Gasteiger charge is 2.11. The molecule has 2 aromatic rings. The molecular formula is C20H22Cl2N2O2. The maximum Gasteiger partial charge on any atom is 0.220 e. The highest BCUT2D eigenvalue weighted by Crippen LogP contribution is 2.26. The van der Waals surface area contributed by atoms with Crippen molar-refractivity contribution >= 4 is 34.8 Å². The molecule has 0 aromatic heterocycles. The van der Waals surface area contributed by atoms with Crippen LogP contribution in [0.2, 0.25) is 10.0 Å². The Balaban J connectivity index is 1.46. The van der Waals surface area contributed by atoms with E-state index in [1.165, 1.54) is 5.69 Å². The number of carbonyl (C=O) groups is 1. The zero-order valence-electron chi connectivity index (χ0n) is 14.5. The molecule has 26 heavy (non-hydrogen) atoms. The van der Waals surface area contributed by atoms with Crippen molar-refractivity contribution in [2.24, 2.45) is 0 Å². The van der Waals surface area contributed by atoms with Crippen molar-refractivity contribution in [2.45, 2.75) is 19.4 Å². The second-order valence-corrected chi connectivity index (χ2v) is 7.04. The summed E-state index contributed by atoms with van der Waals surface area (Å²) in [5, 5.41) is 4.00. The van der Waals surface area contributed by atoms with Crippen molar-refractivity contribution in [1.82, 2.24) is 5.32 Å². The second-order valence-electron chi connectivity index (χ2n) is 6.26. The van der Waals surface area contributed by atoms with Crippen molar-refractivity contribution in [3.05, 3.63) is 63.6 Å². The number of ether oxygens (including phenoxy) is 1. The van der Waals surface area contributed by atoms with Crippen LogP contribution < -0.4 is 10.2 Å². The molecule has 1 aliphatic rings. The van der Waals surface area contributed by atoms with Crippen LogP contribution in [0.4, 0.5) is 5.69 Å². The molecule has 0 aliphatic carbocycles. The predicted molar refractivity (Wildman–Crippen MR) is 106 cm³/mol. The third kappa shape index (κ3) is 5.13. The summed E-state index contributed by atoms with van der Waals surface area (Å²) >= 11 is 12.1. The number of morpholine rings is 1. The van der Waals surface area contributed by atoms with Gasteiger partial charge in [0.15, 0.2) is 0 Å². The van der Waals surface area contributed by atoms with Crippen LogP contribution in [0.5, 0.6) is 0 Å². The highest BCUT2D eigenvalue weighted by atomic mass is 35.5. The molecule has 1 heterocycles. The molecule has 6 heteroatoms. The quantitative estimate of drug-likeness (QED) is 0.804. The van der Waals surface area contributed by atoms with Crippen LogP contribution in [0.3, 0.4) is 0 Å². The van der Waals surface area contributed by atoms with E-state index in [9.17, 15) is 4.79 Å². The molecule has 4 nitrogen and oxygen atoms in total. The summed E-state index contributed by atoms with van der Waals surface area (Å²) in [4.78, 5) is 14.4. The largest absolute Gasteiger partial charge is 0.378 e. The van der Waals surface area contributed by atoms with Crippen LogP contribution in [-0.2, 0) is 22.5 Å². The molecule has 3 rings (SSSR count). The molecule has 0 bridgehead atoms. The molecule has 0 atom stereocenters. The van der Waals surface area contributed by atoms with Gasteiger partial charge in [0.05, 0.1) is 23.3 Å². The topological polar surface area (TPSA) is 41.6 Å². The van der Waals surface area contributed by atoms with E-state index < -0.39 is 0 Å². The van der Waals surface area contributed by atoms with Gasteiger partial charge < -0.3 is 15.0 Å². The summed E-state index contributed by atoms with van der Waals surface area (Å²) in [6.45, 7) is 3.90. The standard InChI is InChI=1S/C20H22Cl2N2O2/c21-18-3-1-2-16(20(18)22)6-9-19(25)23-14-15-4-7-17(8-5-15)24-10-12-26-13-11-24/h1-5,7-8H,6,9-14H2,(H,23,25). The number of anilines is 1. The summed E-state index contributed by atoms with van der Waals surface area (Å²) in [6.07, 6.45) is 0.952. The number of hydrogen-bond acceptors (Lipinski definition) is 3. The van der Waals surface area contributed by atoms with Gasteiger partial charge in [-0.25, -0.2) is 0 Å². The lowest BCUT2D eigenvalue weighted by Crippen LogP contribution is -2.36. The lowest BCUT2D eigenvalue weighted by Gasteiger charge is -2.28. The summed E-state index contributed by atoms with van der Waals surface area (Å²) in [7, 11) is 0. The van der Waals surface area contributed by atoms with Gasteiger partial charge in [-0.05, 0) is 35.7 Å². The minimum absolute atomic E-state index is 0.00158. The predicted octanol–water partition coefficient (Wildman–Crippen LogP) is 4.08. The van der Waals surface area contributed by atoms with Crippen molar-refractivity contribution < 1.29 is 9.53 Å². The number of nitrogens with one attached hydrogen (secondary N) is 1. The van der Waals surface area contributed by atoms with Gasteiger partial charge >= 0.3 is 0 Å². The minimum Gasteiger partial charge on any atom is -0.378 e. The zero-order chi connectivity index (χ0) is 18.4. The number of benzene rings is 2. The molecule has 0 spiro atoms. The van der Waals surface area contributed by atoms with E-state index in [1.54, 1.807) is 6.07 Å². The Labute approximate surface area is 164 Å². The lowest BCUT2D eigenvalue weighted by atomic mass is 10.1. The first-order valence-electron chi connectivity index (χ1n) is 8.75. The van der Waals surface area contributed by atoms with E-state index >= 15 is 0 Å². The fraction of sp³-hybridized carbons (Fsp3) is 0.350. The average molecular weight is 393 g/mol. The van der Waals surface area contributed by atoms with E-state index in [1.807, 2.05) is 12.1 Å². The van der Waals surface area contributed by atoms with Gasteiger partial charge in [-0.3, -0.25) is 4.79 Å². The molecule has 138 valence electrons. The van der Waals surface area contributed by atoms with Crippen LogP contribution >= 0.6 is 23.2 Å². The van der Waals surface area contributed by atoms with Gasteiger partial charge in [-0.2, -0.15) is 0 Å². The maximum atomic E-state index is 12.1. The molecule has 2 aromatic carbocycles. The molecule has 0 unspecified atom stereocenters.